The smallest absolute Gasteiger partial charge is 0.138 e. The average molecular weight is 739 g/mol. The summed E-state index contributed by atoms with van der Waals surface area (Å²) in [6.07, 6.45) is 17.2. The zero-order valence-electron chi connectivity index (χ0n) is 30.1. The normalized spacial score (nSPS) is 21.9. The first-order valence-electron chi connectivity index (χ1n) is 17.4. The van der Waals surface area contributed by atoms with E-state index in [1.807, 2.05) is 127 Å². The lowest BCUT2D eigenvalue weighted by molar-refractivity contribution is -0.127. The summed E-state index contributed by atoms with van der Waals surface area (Å²) >= 11 is 0. The Morgan fingerprint density at radius 1 is 0.444 bits per heavy atom. The Morgan fingerprint density at radius 3 is 0.867 bits per heavy atom. The molecule has 3 rings (SSSR count). The van der Waals surface area contributed by atoms with Gasteiger partial charge in [-0.1, -0.05) is 146 Å². The van der Waals surface area contributed by atoms with Crippen molar-refractivity contribution in [3.05, 3.63) is 0 Å². The Bertz CT molecular complexity index is 716. The summed E-state index contributed by atoms with van der Waals surface area (Å²) in [7, 11) is 12.1. The van der Waals surface area contributed by atoms with E-state index < -0.39 is 0 Å². The maximum Gasteiger partial charge on any atom is 0.138 e. The topological polar surface area (TPSA) is 51.2 Å². The lowest BCUT2D eigenvalue weighted by Crippen LogP contribution is -2.19. The second kappa shape index (κ2) is 23.5. The molecule has 9 heteroatoms. The minimum absolute atomic E-state index is 0.141. The molecule has 3 heterocycles. The quantitative estimate of drug-likeness (QED) is 0.121. The molecule has 264 valence electrons. The van der Waals surface area contributed by atoms with Crippen molar-refractivity contribution in [2.45, 2.75) is 174 Å². The van der Waals surface area contributed by atoms with E-state index in [-0.39, 0.29) is 16.2 Å². The van der Waals surface area contributed by atoms with Gasteiger partial charge in [0, 0.05) is 68.5 Å². The van der Waals surface area contributed by atoms with Gasteiger partial charge in [0.2, 0.25) is 0 Å². The molecule has 45 heavy (non-hydrogen) atoms. The second-order valence-electron chi connectivity index (χ2n) is 15.7. The van der Waals surface area contributed by atoms with Crippen LogP contribution in [0.4, 0.5) is 0 Å². The zero-order valence-corrected chi connectivity index (χ0v) is 35.0. The molecule has 3 fully saturated rings. The van der Waals surface area contributed by atoms with Crippen molar-refractivity contribution in [3.63, 3.8) is 0 Å². The molecule has 0 radical (unpaired) electrons. The van der Waals surface area contributed by atoms with Crippen LogP contribution in [0.2, 0.25) is 0 Å². The van der Waals surface area contributed by atoms with E-state index in [4.69, 9.17) is 0 Å². The van der Waals surface area contributed by atoms with Crippen LogP contribution in [-0.2, 0) is 14.4 Å². The number of hydrogen-bond donors (Lipinski definition) is 0. The van der Waals surface area contributed by atoms with Gasteiger partial charge in [-0.2, -0.15) is 0 Å². The minimum Gasteiger partial charge on any atom is -0.299 e. The van der Waals surface area contributed by atoms with Crippen molar-refractivity contribution in [3.8, 4) is 0 Å². The Balaban J connectivity index is 0.000000337. The molecule has 3 aliphatic rings. The molecule has 0 aromatic heterocycles. The van der Waals surface area contributed by atoms with Crippen LogP contribution in [0.15, 0.2) is 0 Å². The van der Waals surface area contributed by atoms with E-state index in [0.717, 1.165) is 54.3 Å². The Hall–Kier alpha value is 1.11. The molecule has 0 bridgehead atoms. The van der Waals surface area contributed by atoms with E-state index in [2.05, 4.69) is 0 Å². The number of carbonyl (C=O) groups is 3. The molecular formula is C36H66O3S6. The summed E-state index contributed by atoms with van der Waals surface area (Å²) in [5.41, 5.74) is -0.423. The van der Waals surface area contributed by atoms with E-state index in [9.17, 15) is 14.4 Å². The Morgan fingerprint density at radius 2 is 0.689 bits per heavy atom. The van der Waals surface area contributed by atoms with E-state index in [1.54, 1.807) is 0 Å². The molecule has 3 aliphatic heterocycles. The Labute approximate surface area is 302 Å². The van der Waals surface area contributed by atoms with Crippen molar-refractivity contribution < 1.29 is 14.4 Å². The average Bonchev–Trinajstić information content (AvgIpc) is 3.75. The number of Topliss-reactive ketones (excluding diaryl/α,β-unsaturated/α-hetero) is 3. The van der Waals surface area contributed by atoms with Gasteiger partial charge < -0.3 is 0 Å². The summed E-state index contributed by atoms with van der Waals surface area (Å²) in [6, 6.07) is 0. The van der Waals surface area contributed by atoms with Crippen LogP contribution >= 0.6 is 64.8 Å². The third kappa shape index (κ3) is 22.4. The number of rotatable bonds is 15. The van der Waals surface area contributed by atoms with Crippen molar-refractivity contribution in [1.29, 1.82) is 0 Å². The third-order valence-electron chi connectivity index (χ3n) is 8.23. The van der Waals surface area contributed by atoms with Crippen LogP contribution in [-0.4, -0.2) is 50.4 Å². The highest BCUT2D eigenvalue weighted by Crippen LogP contribution is 2.41. The van der Waals surface area contributed by atoms with Crippen molar-refractivity contribution in [1.82, 2.24) is 0 Å². The molecule has 1 unspecified atom stereocenters. The van der Waals surface area contributed by atoms with Gasteiger partial charge >= 0.3 is 0 Å². The molecule has 0 aliphatic carbocycles. The van der Waals surface area contributed by atoms with Crippen LogP contribution in [0.1, 0.15) is 159 Å². The molecule has 3 nitrogen and oxygen atoms in total. The van der Waals surface area contributed by atoms with Crippen LogP contribution in [0.3, 0.4) is 0 Å². The lowest BCUT2D eigenvalue weighted by atomic mass is 9.88. The first-order valence-corrected chi connectivity index (χ1v) is 24.6. The summed E-state index contributed by atoms with van der Waals surface area (Å²) in [4.78, 5) is 35.0. The van der Waals surface area contributed by atoms with Crippen molar-refractivity contribution >= 4 is 82.1 Å². The van der Waals surface area contributed by atoms with E-state index >= 15 is 0 Å². The largest absolute Gasteiger partial charge is 0.299 e. The van der Waals surface area contributed by atoms with E-state index in [0.29, 0.717) is 17.3 Å². The Kier molecular flexibility index (Phi) is 23.0. The maximum atomic E-state index is 11.7. The van der Waals surface area contributed by atoms with Crippen molar-refractivity contribution in [2.75, 3.05) is 17.3 Å². The fourth-order valence-corrected chi connectivity index (χ4v) is 13.9. The van der Waals surface area contributed by atoms with E-state index in [1.165, 1.54) is 75.0 Å². The van der Waals surface area contributed by atoms with Gasteiger partial charge in [0.25, 0.3) is 0 Å². The molecule has 3 saturated heterocycles. The standard InChI is InChI=1S/3C12H22OS2/c3*1-12(2,3)11(13)7-5-4-6-10-8-9-14-15-10/h3*10H,4-9H2,1-3H3/t2*10-;/m10./s1. The molecule has 0 aromatic carbocycles. The second-order valence-corrected chi connectivity index (χ2v) is 24.1. The molecular weight excluding hydrogens is 673 g/mol. The van der Waals surface area contributed by atoms with Crippen LogP contribution < -0.4 is 0 Å². The molecule has 0 amide bonds. The van der Waals surface area contributed by atoms with Crippen LogP contribution in [0, 0.1) is 16.2 Å². The minimum atomic E-state index is -0.141. The fourth-order valence-electron chi connectivity index (χ4n) is 4.79. The highest BCUT2D eigenvalue weighted by molar-refractivity contribution is 8.78. The number of ketones is 3. The maximum absolute atomic E-state index is 11.7. The highest BCUT2D eigenvalue weighted by Gasteiger charge is 2.23. The SMILES string of the molecule is CC(C)(C)C(=O)CCCCC1CCSS1.CC(C)(C)C(=O)CCCC[C@@H]1CCSS1.CC(C)(C)C(=O)CCCC[C@H]1CCSS1. The van der Waals surface area contributed by atoms with Gasteiger partial charge in [0.15, 0.2) is 0 Å². The highest BCUT2D eigenvalue weighted by atomic mass is 33.1. The summed E-state index contributed by atoms with van der Waals surface area (Å²) in [5, 5.41) is 2.58. The number of hydrogen-bond acceptors (Lipinski definition) is 9. The molecule has 0 saturated carbocycles. The number of unbranched alkanes of at least 4 members (excludes halogenated alkanes) is 3. The van der Waals surface area contributed by atoms with Crippen molar-refractivity contribution in [2.24, 2.45) is 16.2 Å². The number of carbonyl (C=O) groups excluding carboxylic acids is 3. The summed E-state index contributed by atoms with van der Waals surface area (Å²) in [6.45, 7) is 18.1. The molecule has 0 spiro atoms. The third-order valence-corrected chi connectivity index (χ3v) is 17.3. The molecule has 0 aromatic rings. The molecule has 3 atom stereocenters. The van der Waals surface area contributed by atoms with Crippen LogP contribution in [0.5, 0.6) is 0 Å². The summed E-state index contributed by atoms with van der Waals surface area (Å²) in [5.74, 6) is 5.19. The molecule has 0 N–H and O–H groups in total. The fraction of sp³-hybridized carbons (Fsp3) is 0.917. The van der Waals surface area contributed by atoms with Gasteiger partial charge in [-0.25, -0.2) is 0 Å². The predicted molar refractivity (Wildman–Crippen MR) is 214 cm³/mol. The van der Waals surface area contributed by atoms with Gasteiger partial charge in [0.1, 0.15) is 17.3 Å². The first kappa shape index (κ1) is 44.1. The van der Waals surface area contributed by atoms with Gasteiger partial charge in [-0.05, 0) is 57.8 Å². The summed E-state index contributed by atoms with van der Waals surface area (Å²) < 4.78 is 0. The van der Waals surface area contributed by atoms with Gasteiger partial charge in [0.05, 0.1) is 0 Å². The lowest BCUT2D eigenvalue weighted by Gasteiger charge is -2.16. The predicted octanol–water partition coefficient (Wildman–Crippen LogP) is 12.9. The van der Waals surface area contributed by atoms with Crippen LogP contribution in [0.25, 0.3) is 0 Å². The van der Waals surface area contributed by atoms with Gasteiger partial charge in [-0.15, -0.1) is 0 Å². The monoisotopic (exact) mass is 738 g/mol. The zero-order chi connectivity index (χ0) is 33.9. The first-order chi connectivity index (χ1) is 21.0. The van der Waals surface area contributed by atoms with Gasteiger partial charge in [-0.3, -0.25) is 14.4 Å².